The van der Waals surface area contributed by atoms with E-state index < -0.39 is 11.8 Å². The molecule has 2 N–H and O–H groups in total. The monoisotopic (exact) mass is 485 g/mol. The molecular formula is C22H17BrClN3O3. The molecule has 0 fully saturated rings. The third-order valence-electron chi connectivity index (χ3n) is 3.87. The molecule has 8 heteroatoms. The number of halogens is 2. The van der Waals surface area contributed by atoms with Crippen LogP contribution in [0, 0.1) is 0 Å². The number of carbonyl (C=O) groups excluding carboxylic acids is 2. The van der Waals surface area contributed by atoms with Crippen molar-refractivity contribution in [2.75, 3.05) is 5.32 Å². The van der Waals surface area contributed by atoms with Gasteiger partial charge in [-0.25, -0.2) is 5.43 Å². The summed E-state index contributed by atoms with van der Waals surface area (Å²) in [5.41, 5.74) is 4.44. The van der Waals surface area contributed by atoms with Crippen LogP contribution < -0.4 is 15.5 Å². The van der Waals surface area contributed by atoms with Crippen LogP contribution in [0.4, 0.5) is 5.69 Å². The van der Waals surface area contributed by atoms with Crippen LogP contribution in [0.3, 0.4) is 0 Å². The van der Waals surface area contributed by atoms with Crippen molar-refractivity contribution in [3.63, 3.8) is 0 Å². The summed E-state index contributed by atoms with van der Waals surface area (Å²) < 4.78 is 6.50. The highest BCUT2D eigenvalue weighted by atomic mass is 79.9. The second-order valence-corrected chi connectivity index (χ2v) is 7.50. The molecule has 0 aliphatic heterocycles. The Balaban J connectivity index is 1.46. The van der Waals surface area contributed by atoms with Crippen molar-refractivity contribution in [2.24, 2.45) is 5.10 Å². The van der Waals surface area contributed by atoms with E-state index in [0.29, 0.717) is 23.1 Å². The van der Waals surface area contributed by atoms with Crippen molar-refractivity contribution >= 4 is 51.2 Å². The fourth-order valence-electron chi connectivity index (χ4n) is 2.37. The van der Waals surface area contributed by atoms with Crippen LogP contribution in [0.1, 0.15) is 11.1 Å². The highest BCUT2D eigenvalue weighted by Gasteiger charge is 2.12. The minimum Gasteiger partial charge on any atom is -0.489 e. The Morgan fingerprint density at radius 3 is 2.43 bits per heavy atom. The first-order chi connectivity index (χ1) is 14.5. The quantitative estimate of drug-likeness (QED) is 0.299. The van der Waals surface area contributed by atoms with E-state index in [1.807, 2.05) is 30.3 Å². The summed E-state index contributed by atoms with van der Waals surface area (Å²) in [6.45, 7) is 0.424. The van der Waals surface area contributed by atoms with Crippen LogP contribution in [-0.2, 0) is 16.2 Å². The van der Waals surface area contributed by atoms with Crippen LogP contribution in [0.5, 0.6) is 5.75 Å². The van der Waals surface area contributed by atoms with Gasteiger partial charge >= 0.3 is 11.8 Å². The molecule has 0 aliphatic carbocycles. The third-order valence-corrected chi connectivity index (χ3v) is 4.61. The second-order valence-electron chi connectivity index (χ2n) is 6.15. The maximum atomic E-state index is 11.9. The number of anilines is 1. The molecule has 0 spiro atoms. The van der Waals surface area contributed by atoms with Crippen molar-refractivity contribution in [3.05, 3.63) is 93.4 Å². The van der Waals surface area contributed by atoms with Crippen molar-refractivity contribution in [1.82, 2.24) is 5.43 Å². The number of carbonyl (C=O) groups is 2. The molecule has 2 amide bonds. The molecule has 152 valence electrons. The van der Waals surface area contributed by atoms with E-state index in [1.54, 1.807) is 42.5 Å². The molecule has 0 unspecified atom stereocenters. The van der Waals surface area contributed by atoms with Gasteiger partial charge in [-0.2, -0.15) is 5.10 Å². The summed E-state index contributed by atoms with van der Waals surface area (Å²) in [5.74, 6) is -0.982. The Kier molecular flexibility index (Phi) is 7.59. The van der Waals surface area contributed by atoms with E-state index in [9.17, 15) is 9.59 Å². The Bertz CT molecular complexity index is 1050. The molecule has 6 nitrogen and oxygen atoms in total. The Morgan fingerprint density at radius 2 is 1.73 bits per heavy atom. The van der Waals surface area contributed by atoms with Crippen LogP contribution in [0.2, 0.25) is 5.02 Å². The molecule has 0 bridgehead atoms. The number of nitrogens with one attached hydrogen (secondary N) is 2. The topological polar surface area (TPSA) is 79.8 Å². The molecular weight excluding hydrogens is 470 g/mol. The van der Waals surface area contributed by atoms with E-state index in [2.05, 4.69) is 31.8 Å². The fourth-order valence-corrected chi connectivity index (χ4v) is 2.89. The predicted octanol–water partition coefficient (Wildman–Crippen LogP) is 4.77. The van der Waals surface area contributed by atoms with Gasteiger partial charge in [-0.1, -0.05) is 45.7 Å². The first-order valence-electron chi connectivity index (χ1n) is 8.87. The molecule has 0 saturated carbocycles. The Morgan fingerprint density at radius 1 is 1.00 bits per heavy atom. The molecule has 3 rings (SSSR count). The van der Waals surface area contributed by atoms with Crippen LogP contribution >= 0.6 is 27.5 Å². The number of hydrazone groups is 1. The van der Waals surface area contributed by atoms with Gasteiger partial charge in [0, 0.05) is 15.2 Å². The number of amides is 2. The van der Waals surface area contributed by atoms with Crippen LogP contribution in [0.25, 0.3) is 0 Å². The van der Waals surface area contributed by atoms with E-state index in [0.717, 1.165) is 15.6 Å². The van der Waals surface area contributed by atoms with Gasteiger partial charge in [0.1, 0.15) is 12.4 Å². The smallest absolute Gasteiger partial charge is 0.329 e. The Hall–Kier alpha value is -3.16. The molecule has 30 heavy (non-hydrogen) atoms. The van der Waals surface area contributed by atoms with Crippen molar-refractivity contribution < 1.29 is 14.3 Å². The van der Waals surface area contributed by atoms with E-state index in [-0.39, 0.29) is 0 Å². The lowest BCUT2D eigenvalue weighted by Crippen LogP contribution is -2.32. The minimum atomic E-state index is -0.867. The number of benzene rings is 3. The summed E-state index contributed by atoms with van der Waals surface area (Å²) in [4.78, 5) is 23.7. The zero-order valence-electron chi connectivity index (χ0n) is 15.6. The number of rotatable bonds is 6. The van der Waals surface area contributed by atoms with E-state index >= 15 is 0 Å². The molecule has 3 aromatic rings. The fraction of sp³-hybridized carbons (Fsp3) is 0.0455. The van der Waals surface area contributed by atoms with Gasteiger partial charge in [-0.05, 0) is 65.7 Å². The van der Waals surface area contributed by atoms with Gasteiger partial charge < -0.3 is 10.1 Å². The number of ether oxygens (including phenoxy) is 1. The summed E-state index contributed by atoms with van der Waals surface area (Å²) in [5, 5.41) is 6.98. The maximum Gasteiger partial charge on any atom is 0.329 e. The van der Waals surface area contributed by atoms with Gasteiger partial charge in [0.05, 0.1) is 6.21 Å². The average molecular weight is 487 g/mol. The largest absolute Gasteiger partial charge is 0.489 e. The molecule has 0 aromatic heterocycles. The number of hydrogen-bond donors (Lipinski definition) is 2. The lowest BCUT2D eigenvalue weighted by Gasteiger charge is -2.06. The molecule has 3 aromatic carbocycles. The molecule has 0 saturated heterocycles. The zero-order valence-corrected chi connectivity index (χ0v) is 18.0. The summed E-state index contributed by atoms with van der Waals surface area (Å²) in [7, 11) is 0. The lowest BCUT2D eigenvalue weighted by atomic mass is 10.2. The summed E-state index contributed by atoms with van der Waals surface area (Å²) in [6, 6.07) is 21.5. The van der Waals surface area contributed by atoms with Crippen molar-refractivity contribution in [1.29, 1.82) is 0 Å². The van der Waals surface area contributed by atoms with Crippen LogP contribution in [-0.4, -0.2) is 18.0 Å². The Labute approximate surface area is 187 Å². The van der Waals surface area contributed by atoms with Crippen molar-refractivity contribution in [3.8, 4) is 5.75 Å². The highest BCUT2D eigenvalue weighted by molar-refractivity contribution is 9.10. The highest BCUT2D eigenvalue weighted by Crippen LogP contribution is 2.16. The first kappa shape index (κ1) is 21.5. The third kappa shape index (κ3) is 6.72. The normalized spacial score (nSPS) is 10.6. The summed E-state index contributed by atoms with van der Waals surface area (Å²) in [6.07, 6.45) is 1.44. The van der Waals surface area contributed by atoms with Crippen LogP contribution in [0.15, 0.2) is 82.4 Å². The summed E-state index contributed by atoms with van der Waals surface area (Å²) >= 11 is 9.16. The van der Waals surface area contributed by atoms with Gasteiger partial charge in [-0.3, -0.25) is 9.59 Å². The first-order valence-corrected chi connectivity index (χ1v) is 10.0. The number of hydrogen-bond acceptors (Lipinski definition) is 4. The lowest BCUT2D eigenvalue weighted by molar-refractivity contribution is -0.136. The standard InChI is InChI=1S/C22H17BrClN3O3/c23-17-2-1-3-19(12-17)26-21(28)22(29)27-25-13-15-6-10-20(11-7-15)30-14-16-4-8-18(24)9-5-16/h1-13H,14H2,(H,26,28)(H,27,29)/b25-13+. The molecule has 0 radical (unpaired) electrons. The number of nitrogens with zero attached hydrogens (tertiary/aromatic N) is 1. The van der Waals surface area contributed by atoms with Gasteiger partial charge in [0.15, 0.2) is 0 Å². The molecule has 0 atom stereocenters. The van der Waals surface area contributed by atoms with Gasteiger partial charge in [0.2, 0.25) is 0 Å². The van der Waals surface area contributed by atoms with Gasteiger partial charge in [-0.15, -0.1) is 0 Å². The second kappa shape index (κ2) is 10.6. The molecule has 0 aliphatic rings. The van der Waals surface area contributed by atoms with E-state index in [4.69, 9.17) is 16.3 Å². The maximum absolute atomic E-state index is 11.9. The van der Waals surface area contributed by atoms with E-state index in [1.165, 1.54) is 6.21 Å². The van der Waals surface area contributed by atoms with Gasteiger partial charge in [0.25, 0.3) is 0 Å². The van der Waals surface area contributed by atoms with Crippen molar-refractivity contribution in [2.45, 2.75) is 6.61 Å². The zero-order chi connectivity index (χ0) is 21.3. The molecule has 0 heterocycles. The minimum absolute atomic E-state index is 0.424. The average Bonchev–Trinajstić information content (AvgIpc) is 2.74. The predicted molar refractivity (Wildman–Crippen MR) is 121 cm³/mol. The SMILES string of the molecule is O=C(N/N=C/c1ccc(OCc2ccc(Cl)cc2)cc1)C(=O)Nc1cccc(Br)c1.